The predicted molar refractivity (Wildman–Crippen MR) is 75.8 cm³/mol. The van der Waals surface area contributed by atoms with E-state index in [0.29, 0.717) is 0 Å². The van der Waals surface area contributed by atoms with Gasteiger partial charge in [-0.3, -0.25) is 9.88 Å². The van der Waals surface area contributed by atoms with E-state index in [1.807, 2.05) is 13.1 Å². The molecule has 0 aliphatic carbocycles. The molecule has 1 aliphatic rings. The summed E-state index contributed by atoms with van der Waals surface area (Å²) in [5, 5.41) is 0. The van der Waals surface area contributed by atoms with Crippen molar-refractivity contribution < 1.29 is 9.47 Å². The maximum atomic E-state index is 5.45. The van der Waals surface area contributed by atoms with Crippen LogP contribution in [0.4, 0.5) is 0 Å². The van der Waals surface area contributed by atoms with Crippen molar-refractivity contribution in [3.63, 3.8) is 0 Å². The van der Waals surface area contributed by atoms with E-state index in [9.17, 15) is 0 Å². The maximum Gasteiger partial charge on any atom is 0.128 e. The van der Waals surface area contributed by atoms with Crippen LogP contribution < -0.4 is 4.74 Å². The van der Waals surface area contributed by atoms with Crippen molar-refractivity contribution in [2.24, 2.45) is 0 Å². The summed E-state index contributed by atoms with van der Waals surface area (Å²) in [6.45, 7) is 9.12. The molecule has 4 heteroatoms. The van der Waals surface area contributed by atoms with Crippen molar-refractivity contribution in [2.45, 2.75) is 26.7 Å². The fourth-order valence-electron chi connectivity index (χ4n) is 2.62. The fraction of sp³-hybridized carbons (Fsp3) is 0.667. The molecule has 106 valence electrons. The number of morpholine rings is 1. The van der Waals surface area contributed by atoms with E-state index >= 15 is 0 Å². The van der Waals surface area contributed by atoms with Gasteiger partial charge in [-0.2, -0.15) is 0 Å². The molecular weight excluding hydrogens is 240 g/mol. The van der Waals surface area contributed by atoms with Crippen LogP contribution in [0.5, 0.6) is 5.75 Å². The summed E-state index contributed by atoms with van der Waals surface area (Å²) in [7, 11) is 1.73. The molecule has 1 aromatic rings. The zero-order valence-electron chi connectivity index (χ0n) is 12.2. The van der Waals surface area contributed by atoms with Gasteiger partial charge in [-0.05, 0) is 33.2 Å². The third kappa shape index (κ3) is 3.67. The van der Waals surface area contributed by atoms with Gasteiger partial charge in [0.25, 0.3) is 0 Å². The number of ether oxygens (including phenoxy) is 2. The topological polar surface area (TPSA) is 34.6 Å². The Hall–Kier alpha value is -1.13. The Bertz CT molecular complexity index is 415. The number of aryl methyl sites for hydroxylation is 2. The Morgan fingerprint density at radius 1 is 1.32 bits per heavy atom. The second-order valence-electron chi connectivity index (χ2n) is 5.10. The smallest absolute Gasteiger partial charge is 0.128 e. The molecule has 0 atom stereocenters. The molecule has 4 nitrogen and oxygen atoms in total. The highest BCUT2D eigenvalue weighted by molar-refractivity contribution is 5.41. The third-order valence-electron chi connectivity index (χ3n) is 3.74. The van der Waals surface area contributed by atoms with Gasteiger partial charge in [0.15, 0.2) is 0 Å². The molecule has 1 fully saturated rings. The average Bonchev–Trinajstić information content (AvgIpc) is 2.43. The molecule has 0 N–H and O–H groups in total. The molecule has 1 aromatic heterocycles. The van der Waals surface area contributed by atoms with E-state index in [1.54, 1.807) is 7.11 Å². The number of pyridine rings is 1. The molecule has 2 heterocycles. The molecule has 0 unspecified atom stereocenters. The van der Waals surface area contributed by atoms with Crippen molar-refractivity contribution in [3.8, 4) is 5.75 Å². The minimum absolute atomic E-state index is 0.871. The molecule has 0 saturated carbocycles. The highest BCUT2D eigenvalue weighted by Gasteiger charge is 2.12. The number of aromatic nitrogens is 1. The van der Waals surface area contributed by atoms with Crippen molar-refractivity contribution in [1.29, 1.82) is 0 Å². The molecule has 1 saturated heterocycles. The molecule has 2 rings (SSSR count). The zero-order valence-corrected chi connectivity index (χ0v) is 12.2. The summed E-state index contributed by atoms with van der Waals surface area (Å²) in [6, 6.07) is 0. The van der Waals surface area contributed by atoms with Gasteiger partial charge in [0.2, 0.25) is 0 Å². The van der Waals surface area contributed by atoms with Gasteiger partial charge in [0, 0.05) is 36.1 Å². The van der Waals surface area contributed by atoms with Crippen LogP contribution in [0.25, 0.3) is 0 Å². The van der Waals surface area contributed by atoms with Gasteiger partial charge in [-0.15, -0.1) is 0 Å². The minimum atomic E-state index is 0.871. The normalized spacial score (nSPS) is 16.6. The van der Waals surface area contributed by atoms with Crippen molar-refractivity contribution in [2.75, 3.05) is 40.0 Å². The van der Waals surface area contributed by atoms with Gasteiger partial charge in [0.1, 0.15) is 5.75 Å². The third-order valence-corrected chi connectivity index (χ3v) is 3.74. The van der Waals surface area contributed by atoms with Crippen LogP contribution in [-0.2, 0) is 11.2 Å². The highest BCUT2D eigenvalue weighted by Crippen LogP contribution is 2.24. The van der Waals surface area contributed by atoms with Gasteiger partial charge < -0.3 is 9.47 Å². The molecule has 0 spiro atoms. The summed E-state index contributed by atoms with van der Waals surface area (Å²) in [4.78, 5) is 7.01. The van der Waals surface area contributed by atoms with Crippen LogP contribution in [0.3, 0.4) is 0 Å². The quantitative estimate of drug-likeness (QED) is 0.814. The summed E-state index contributed by atoms with van der Waals surface area (Å²) >= 11 is 0. The first-order valence-corrected chi connectivity index (χ1v) is 7.01. The zero-order chi connectivity index (χ0) is 13.7. The largest absolute Gasteiger partial charge is 0.496 e. The Morgan fingerprint density at radius 2 is 2.05 bits per heavy atom. The molecule has 1 aliphatic heterocycles. The lowest BCUT2D eigenvalue weighted by molar-refractivity contribution is 0.0374. The number of rotatable bonds is 5. The van der Waals surface area contributed by atoms with Gasteiger partial charge in [-0.1, -0.05) is 0 Å². The van der Waals surface area contributed by atoms with Crippen LogP contribution in [-0.4, -0.2) is 49.8 Å². The van der Waals surface area contributed by atoms with Crippen molar-refractivity contribution in [1.82, 2.24) is 9.88 Å². The molecule has 0 bridgehead atoms. The SMILES string of the molecule is COc1c(C)cnc(CCCN2CCOCC2)c1C. The Balaban J connectivity index is 1.88. The van der Waals surface area contributed by atoms with E-state index in [2.05, 4.69) is 16.8 Å². The first kappa shape index (κ1) is 14.3. The van der Waals surface area contributed by atoms with Gasteiger partial charge in [-0.25, -0.2) is 0 Å². The Morgan fingerprint density at radius 3 is 2.74 bits per heavy atom. The van der Waals surface area contributed by atoms with Crippen molar-refractivity contribution >= 4 is 0 Å². The Labute approximate surface area is 115 Å². The summed E-state index contributed by atoms with van der Waals surface area (Å²) in [5.41, 5.74) is 3.46. The monoisotopic (exact) mass is 264 g/mol. The van der Waals surface area contributed by atoms with Crippen LogP contribution in [0.15, 0.2) is 6.20 Å². The first-order valence-electron chi connectivity index (χ1n) is 7.01. The maximum absolute atomic E-state index is 5.45. The molecule has 0 aromatic carbocycles. The summed E-state index contributed by atoms with van der Waals surface area (Å²) in [5.74, 6) is 0.983. The molecule has 0 amide bonds. The lowest BCUT2D eigenvalue weighted by atomic mass is 10.1. The second kappa shape index (κ2) is 6.87. The summed E-state index contributed by atoms with van der Waals surface area (Å²) in [6.07, 6.45) is 4.07. The van der Waals surface area contributed by atoms with Crippen LogP contribution in [0.1, 0.15) is 23.2 Å². The predicted octanol–water partition coefficient (Wildman–Crippen LogP) is 1.97. The second-order valence-corrected chi connectivity index (χ2v) is 5.10. The van der Waals surface area contributed by atoms with Gasteiger partial charge >= 0.3 is 0 Å². The van der Waals surface area contributed by atoms with E-state index in [-0.39, 0.29) is 0 Å². The first-order chi connectivity index (χ1) is 9.22. The van der Waals surface area contributed by atoms with E-state index in [1.165, 1.54) is 5.56 Å². The Kier molecular flexibility index (Phi) is 5.16. The standard InChI is InChI=1S/C15H24N2O2/c1-12-11-16-14(13(2)15(12)18-3)5-4-6-17-7-9-19-10-8-17/h11H,4-10H2,1-3H3. The van der Waals surface area contributed by atoms with Crippen molar-refractivity contribution in [3.05, 3.63) is 23.0 Å². The lowest BCUT2D eigenvalue weighted by Crippen LogP contribution is -2.37. The fourth-order valence-corrected chi connectivity index (χ4v) is 2.62. The number of hydrogen-bond donors (Lipinski definition) is 0. The van der Waals surface area contributed by atoms with Gasteiger partial charge in [0.05, 0.1) is 20.3 Å². The van der Waals surface area contributed by atoms with E-state index in [0.717, 1.165) is 62.7 Å². The number of nitrogens with zero attached hydrogens (tertiary/aromatic N) is 2. The van der Waals surface area contributed by atoms with E-state index in [4.69, 9.17) is 9.47 Å². The number of methoxy groups -OCH3 is 1. The van der Waals surface area contributed by atoms with E-state index < -0.39 is 0 Å². The molecule has 0 radical (unpaired) electrons. The number of hydrogen-bond acceptors (Lipinski definition) is 4. The highest BCUT2D eigenvalue weighted by atomic mass is 16.5. The van der Waals surface area contributed by atoms with Crippen LogP contribution >= 0.6 is 0 Å². The minimum Gasteiger partial charge on any atom is -0.496 e. The molecule has 19 heavy (non-hydrogen) atoms. The average molecular weight is 264 g/mol. The lowest BCUT2D eigenvalue weighted by Gasteiger charge is -2.26. The molecular formula is C15H24N2O2. The van der Waals surface area contributed by atoms with Crippen LogP contribution in [0, 0.1) is 13.8 Å². The van der Waals surface area contributed by atoms with Crippen LogP contribution in [0.2, 0.25) is 0 Å². The summed E-state index contributed by atoms with van der Waals surface area (Å²) < 4.78 is 10.8.